The van der Waals surface area contributed by atoms with Gasteiger partial charge >= 0.3 is 0 Å². The molecule has 0 fully saturated rings. The van der Waals surface area contributed by atoms with E-state index >= 15 is 0 Å². The van der Waals surface area contributed by atoms with E-state index in [-0.39, 0.29) is 0 Å². The van der Waals surface area contributed by atoms with Crippen LogP contribution in [0.15, 0.2) is 12.1 Å². The molecule has 0 aliphatic carbocycles. The van der Waals surface area contributed by atoms with Crippen LogP contribution >= 0.6 is 11.6 Å². The van der Waals surface area contributed by atoms with Crippen LogP contribution < -0.4 is 14.8 Å². The van der Waals surface area contributed by atoms with Gasteiger partial charge < -0.3 is 14.8 Å². The number of fused-ring (bicyclic) bond motifs is 1. The zero-order valence-electron chi connectivity index (χ0n) is 11.7. The zero-order valence-corrected chi connectivity index (χ0v) is 12.4. The summed E-state index contributed by atoms with van der Waals surface area (Å²) in [7, 11) is 0. The molecule has 0 saturated heterocycles. The first-order valence-electron chi connectivity index (χ1n) is 6.99. The third-order valence-electron chi connectivity index (χ3n) is 3.38. The van der Waals surface area contributed by atoms with Crippen molar-refractivity contribution in [2.45, 2.75) is 33.2 Å². The zero-order chi connectivity index (χ0) is 13.7. The van der Waals surface area contributed by atoms with Crippen LogP contribution in [0.1, 0.15) is 32.3 Å². The number of hydrogen-bond donors (Lipinski definition) is 1. The summed E-state index contributed by atoms with van der Waals surface area (Å²) in [6.45, 7) is 7.62. The van der Waals surface area contributed by atoms with Crippen LogP contribution in [0.3, 0.4) is 0 Å². The van der Waals surface area contributed by atoms with Gasteiger partial charge in [-0.1, -0.05) is 31.9 Å². The molecule has 4 heteroatoms. The van der Waals surface area contributed by atoms with E-state index in [1.165, 1.54) is 6.42 Å². The molecule has 1 aromatic carbocycles. The molecule has 106 valence electrons. The summed E-state index contributed by atoms with van der Waals surface area (Å²) in [4.78, 5) is 0. The Morgan fingerprint density at radius 2 is 2.11 bits per heavy atom. The highest BCUT2D eigenvalue weighted by Crippen LogP contribution is 2.37. The van der Waals surface area contributed by atoms with Crippen molar-refractivity contribution in [3.63, 3.8) is 0 Å². The highest BCUT2D eigenvalue weighted by Gasteiger charge is 2.15. The molecule has 3 nitrogen and oxygen atoms in total. The van der Waals surface area contributed by atoms with E-state index in [4.69, 9.17) is 21.1 Å². The standard InChI is InChI=1S/C15H22ClNO2/c1-3-11(2)9-17-10-12-7-13(16)15-14(8-12)18-5-4-6-19-15/h7-8,11,17H,3-6,9-10H2,1-2H3. The lowest BCUT2D eigenvalue weighted by Gasteiger charge is -2.13. The number of rotatable bonds is 5. The Balaban J connectivity index is 2.02. The number of benzene rings is 1. The van der Waals surface area contributed by atoms with Gasteiger partial charge in [0.15, 0.2) is 11.5 Å². The molecule has 1 N–H and O–H groups in total. The second-order valence-electron chi connectivity index (χ2n) is 5.10. The molecular formula is C15H22ClNO2. The molecule has 0 aromatic heterocycles. The normalized spacial score (nSPS) is 15.9. The predicted octanol–water partition coefficient (Wildman–Crippen LogP) is 3.64. The highest BCUT2D eigenvalue weighted by molar-refractivity contribution is 6.32. The van der Waals surface area contributed by atoms with Gasteiger partial charge in [0.2, 0.25) is 0 Å². The molecule has 1 heterocycles. The van der Waals surface area contributed by atoms with Crippen LogP contribution in [-0.4, -0.2) is 19.8 Å². The first-order valence-corrected chi connectivity index (χ1v) is 7.37. The lowest BCUT2D eigenvalue weighted by Crippen LogP contribution is -2.20. The number of ether oxygens (including phenoxy) is 2. The summed E-state index contributed by atoms with van der Waals surface area (Å²) < 4.78 is 11.3. The molecule has 0 bridgehead atoms. The fourth-order valence-corrected chi connectivity index (χ4v) is 2.28. The summed E-state index contributed by atoms with van der Waals surface area (Å²) in [6, 6.07) is 3.98. The average Bonchev–Trinajstić information content (AvgIpc) is 2.64. The maximum absolute atomic E-state index is 6.26. The van der Waals surface area contributed by atoms with Gasteiger partial charge in [-0.3, -0.25) is 0 Å². The molecule has 0 spiro atoms. The molecule has 2 rings (SSSR count). The molecule has 1 aliphatic heterocycles. The van der Waals surface area contributed by atoms with E-state index < -0.39 is 0 Å². The molecule has 1 atom stereocenters. The van der Waals surface area contributed by atoms with Crippen molar-refractivity contribution in [3.8, 4) is 11.5 Å². The van der Waals surface area contributed by atoms with Crippen molar-refractivity contribution in [1.82, 2.24) is 5.32 Å². The maximum Gasteiger partial charge on any atom is 0.179 e. The first-order chi connectivity index (χ1) is 9.20. The fourth-order valence-electron chi connectivity index (χ4n) is 1.99. The average molecular weight is 284 g/mol. The van der Waals surface area contributed by atoms with E-state index in [1.54, 1.807) is 0 Å². The Kier molecular flexibility index (Phi) is 5.34. The van der Waals surface area contributed by atoms with Crippen LogP contribution in [0.5, 0.6) is 11.5 Å². The van der Waals surface area contributed by atoms with Crippen molar-refractivity contribution >= 4 is 11.6 Å². The van der Waals surface area contributed by atoms with Gasteiger partial charge in [0, 0.05) is 13.0 Å². The van der Waals surface area contributed by atoms with Crippen LogP contribution in [0.4, 0.5) is 0 Å². The van der Waals surface area contributed by atoms with E-state index in [0.29, 0.717) is 29.9 Å². The Labute approximate surface area is 120 Å². The van der Waals surface area contributed by atoms with Crippen molar-refractivity contribution in [3.05, 3.63) is 22.7 Å². The minimum absolute atomic E-state index is 0.639. The molecule has 1 unspecified atom stereocenters. The third kappa shape index (κ3) is 4.02. The molecule has 1 aromatic rings. The number of nitrogens with one attached hydrogen (secondary N) is 1. The molecule has 1 aliphatic rings. The smallest absolute Gasteiger partial charge is 0.179 e. The predicted molar refractivity (Wildman–Crippen MR) is 78.2 cm³/mol. The van der Waals surface area contributed by atoms with Gasteiger partial charge in [0.1, 0.15) is 0 Å². The molecule has 0 saturated carbocycles. The van der Waals surface area contributed by atoms with Crippen molar-refractivity contribution in [2.75, 3.05) is 19.8 Å². The number of halogens is 1. The largest absolute Gasteiger partial charge is 0.489 e. The van der Waals surface area contributed by atoms with Gasteiger partial charge in [-0.25, -0.2) is 0 Å². The Morgan fingerprint density at radius 1 is 1.32 bits per heavy atom. The SMILES string of the molecule is CCC(C)CNCc1cc(Cl)c2c(c1)OCCCO2. The summed E-state index contributed by atoms with van der Waals surface area (Å²) in [5.74, 6) is 2.14. The summed E-state index contributed by atoms with van der Waals surface area (Å²) in [5, 5.41) is 4.09. The van der Waals surface area contributed by atoms with Crippen LogP contribution in [0, 0.1) is 5.92 Å². The second kappa shape index (κ2) is 7.01. The Morgan fingerprint density at radius 3 is 2.89 bits per heavy atom. The first kappa shape index (κ1) is 14.5. The van der Waals surface area contributed by atoms with Gasteiger partial charge in [0.05, 0.1) is 18.2 Å². The molecule has 0 amide bonds. The van der Waals surface area contributed by atoms with Crippen LogP contribution in [0.2, 0.25) is 5.02 Å². The molecule has 19 heavy (non-hydrogen) atoms. The van der Waals surface area contributed by atoms with Crippen molar-refractivity contribution in [1.29, 1.82) is 0 Å². The molecule has 0 radical (unpaired) electrons. The Hall–Kier alpha value is -0.930. The summed E-state index contributed by atoms with van der Waals surface area (Å²) in [6.07, 6.45) is 2.08. The van der Waals surface area contributed by atoms with Crippen molar-refractivity contribution in [2.24, 2.45) is 5.92 Å². The van der Waals surface area contributed by atoms with Gasteiger partial charge in [0.25, 0.3) is 0 Å². The maximum atomic E-state index is 6.26. The lowest BCUT2D eigenvalue weighted by molar-refractivity contribution is 0.297. The van der Waals surface area contributed by atoms with E-state index in [9.17, 15) is 0 Å². The fraction of sp³-hybridized carbons (Fsp3) is 0.600. The minimum atomic E-state index is 0.639. The monoisotopic (exact) mass is 283 g/mol. The highest BCUT2D eigenvalue weighted by atomic mass is 35.5. The van der Waals surface area contributed by atoms with Crippen LogP contribution in [0.25, 0.3) is 0 Å². The summed E-state index contributed by atoms with van der Waals surface area (Å²) >= 11 is 6.26. The van der Waals surface area contributed by atoms with Gasteiger partial charge in [-0.15, -0.1) is 0 Å². The van der Waals surface area contributed by atoms with Gasteiger partial charge in [-0.05, 0) is 30.2 Å². The van der Waals surface area contributed by atoms with E-state index in [1.807, 2.05) is 12.1 Å². The Bertz CT molecular complexity index is 423. The third-order valence-corrected chi connectivity index (χ3v) is 3.66. The topological polar surface area (TPSA) is 30.5 Å². The quantitative estimate of drug-likeness (QED) is 0.895. The molecular weight excluding hydrogens is 262 g/mol. The van der Waals surface area contributed by atoms with E-state index in [0.717, 1.165) is 30.8 Å². The lowest BCUT2D eigenvalue weighted by atomic mass is 10.1. The van der Waals surface area contributed by atoms with Crippen molar-refractivity contribution < 1.29 is 9.47 Å². The van der Waals surface area contributed by atoms with E-state index in [2.05, 4.69) is 19.2 Å². The minimum Gasteiger partial charge on any atom is -0.489 e. The summed E-state index contributed by atoms with van der Waals surface area (Å²) in [5.41, 5.74) is 1.14. The van der Waals surface area contributed by atoms with Crippen LogP contribution in [-0.2, 0) is 6.54 Å². The number of hydrogen-bond acceptors (Lipinski definition) is 3. The second-order valence-corrected chi connectivity index (χ2v) is 5.51. The van der Waals surface area contributed by atoms with Gasteiger partial charge in [-0.2, -0.15) is 0 Å².